The number of halogens is 1. The van der Waals surface area contributed by atoms with Crippen molar-refractivity contribution in [3.8, 4) is 0 Å². The highest BCUT2D eigenvalue weighted by atomic mass is 127. The van der Waals surface area contributed by atoms with E-state index in [1.807, 2.05) is 43.3 Å². The molecule has 0 spiro atoms. The minimum Gasteiger partial charge on any atom is -0.292 e. The Labute approximate surface area is 114 Å². The van der Waals surface area contributed by atoms with Gasteiger partial charge in [-0.25, -0.2) is 0 Å². The predicted octanol–water partition coefficient (Wildman–Crippen LogP) is 3.42. The predicted molar refractivity (Wildman–Crippen MR) is 76.2 cm³/mol. The van der Waals surface area contributed by atoms with Gasteiger partial charge in [0.15, 0.2) is 5.78 Å². The van der Waals surface area contributed by atoms with Gasteiger partial charge in [-0.2, -0.15) is 0 Å². The molecule has 0 saturated carbocycles. The average Bonchev–Trinajstić information content (AvgIpc) is 2.32. The lowest BCUT2D eigenvalue weighted by atomic mass is 10.1. The fraction of sp³-hybridized carbons (Fsp3) is 0.143. The third-order valence-electron chi connectivity index (χ3n) is 2.45. The molecule has 1 aromatic heterocycles. The molecule has 86 valence electrons. The zero-order valence-electron chi connectivity index (χ0n) is 9.48. The SMILES string of the molecule is Cc1cccc(C(=O)Cc2ccc(I)cc2)n1. The molecular weight excluding hydrogens is 325 g/mol. The Morgan fingerprint density at radius 1 is 1.18 bits per heavy atom. The van der Waals surface area contributed by atoms with Gasteiger partial charge in [-0.1, -0.05) is 18.2 Å². The van der Waals surface area contributed by atoms with Crippen LogP contribution in [-0.4, -0.2) is 10.8 Å². The summed E-state index contributed by atoms with van der Waals surface area (Å²) in [5, 5.41) is 0. The van der Waals surface area contributed by atoms with Crippen molar-refractivity contribution in [3.63, 3.8) is 0 Å². The Morgan fingerprint density at radius 3 is 2.53 bits per heavy atom. The molecule has 1 heterocycles. The summed E-state index contributed by atoms with van der Waals surface area (Å²) in [6.07, 6.45) is 0.410. The number of pyridine rings is 1. The molecule has 0 bridgehead atoms. The Balaban J connectivity index is 2.14. The van der Waals surface area contributed by atoms with Gasteiger partial charge in [-0.3, -0.25) is 9.78 Å². The van der Waals surface area contributed by atoms with Crippen molar-refractivity contribution < 1.29 is 4.79 Å². The van der Waals surface area contributed by atoms with Crippen LogP contribution in [0.4, 0.5) is 0 Å². The number of ketones is 1. The number of Topliss-reactive ketones (excluding diaryl/α,β-unsaturated/α-hetero) is 1. The minimum atomic E-state index is 0.0647. The number of benzene rings is 1. The summed E-state index contributed by atoms with van der Waals surface area (Å²) in [5.74, 6) is 0.0647. The van der Waals surface area contributed by atoms with Gasteiger partial charge < -0.3 is 0 Å². The molecule has 2 nitrogen and oxygen atoms in total. The summed E-state index contributed by atoms with van der Waals surface area (Å²) in [6.45, 7) is 1.89. The highest BCUT2D eigenvalue weighted by Crippen LogP contribution is 2.10. The first-order valence-electron chi connectivity index (χ1n) is 5.36. The van der Waals surface area contributed by atoms with Gasteiger partial charge in [0.1, 0.15) is 5.69 Å². The maximum atomic E-state index is 12.0. The molecule has 0 atom stereocenters. The van der Waals surface area contributed by atoms with Crippen LogP contribution in [-0.2, 0) is 6.42 Å². The van der Waals surface area contributed by atoms with Crippen LogP contribution in [0.15, 0.2) is 42.5 Å². The number of nitrogens with zero attached hydrogens (tertiary/aromatic N) is 1. The summed E-state index contributed by atoms with van der Waals surface area (Å²) < 4.78 is 1.17. The van der Waals surface area contributed by atoms with Crippen LogP contribution in [0.1, 0.15) is 21.7 Å². The van der Waals surface area contributed by atoms with Gasteiger partial charge in [0, 0.05) is 15.7 Å². The van der Waals surface area contributed by atoms with Crippen molar-refractivity contribution in [3.05, 3.63) is 63.0 Å². The fourth-order valence-corrected chi connectivity index (χ4v) is 1.94. The lowest BCUT2D eigenvalue weighted by Gasteiger charge is -2.02. The lowest BCUT2D eigenvalue weighted by molar-refractivity contribution is 0.0988. The van der Waals surface area contributed by atoms with E-state index in [2.05, 4.69) is 27.6 Å². The van der Waals surface area contributed by atoms with E-state index in [0.29, 0.717) is 12.1 Å². The quantitative estimate of drug-likeness (QED) is 0.635. The molecule has 1 aromatic carbocycles. The molecule has 2 rings (SSSR count). The van der Waals surface area contributed by atoms with Crippen molar-refractivity contribution in [1.29, 1.82) is 0 Å². The lowest BCUT2D eigenvalue weighted by Crippen LogP contribution is -2.06. The van der Waals surface area contributed by atoms with E-state index >= 15 is 0 Å². The van der Waals surface area contributed by atoms with Crippen LogP contribution in [0.5, 0.6) is 0 Å². The molecule has 3 heteroatoms. The number of carbonyl (C=O) groups excluding carboxylic acids is 1. The number of hydrogen-bond donors (Lipinski definition) is 0. The zero-order valence-corrected chi connectivity index (χ0v) is 11.6. The number of carbonyl (C=O) groups is 1. The first-order chi connectivity index (χ1) is 8.15. The van der Waals surface area contributed by atoms with E-state index < -0.39 is 0 Å². The van der Waals surface area contributed by atoms with Crippen LogP contribution >= 0.6 is 22.6 Å². The first-order valence-corrected chi connectivity index (χ1v) is 6.44. The summed E-state index contributed by atoms with van der Waals surface area (Å²) in [6, 6.07) is 13.5. The molecule has 0 aliphatic heterocycles. The average molecular weight is 337 g/mol. The second-order valence-electron chi connectivity index (χ2n) is 3.89. The van der Waals surface area contributed by atoms with Crippen LogP contribution in [0.25, 0.3) is 0 Å². The van der Waals surface area contributed by atoms with Crippen LogP contribution < -0.4 is 0 Å². The van der Waals surface area contributed by atoms with Gasteiger partial charge in [0.05, 0.1) is 0 Å². The first kappa shape index (κ1) is 12.2. The summed E-state index contributed by atoms with van der Waals surface area (Å²) >= 11 is 2.25. The Bertz CT molecular complexity index is 534. The maximum absolute atomic E-state index is 12.0. The summed E-state index contributed by atoms with van der Waals surface area (Å²) in [4.78, 5) is 16.2. The summed E-state index contributed by atoms with van der Waals surface area (Å²) in [7, 11) is 0. The normalized spacial score (nSPS) is 10.2. The van der Waals surface area contributed by atoms with E-state index in [-0.39, 0.29) is 5.78 Å². The maximum Gasteiger partial charge on any atom is 0.185 e. The standard InChI is InChI=1S/C14H12INO/c1-10-3-2-4-13(16-10)14(17)9-11-5-7-12(15)8-6-11/h2-8H,9H2,1H3. The highest BCUT2D eigenvalue weighted by molar-refractivity contribution is 14.1. The smallest absolute Gasteiger partial charge is 0.185 e. The van der Waals surface area contributed by atoms with Gasteiger partial charge in [0.25, 0.3) is 0 Å². The van der Waals surface area contributed by atoms with Crippen LogP contribution in [0.2, 0.25) is 0 Å². The second kappa shape index (κ2) is 5.40. The molecule has 0 amide bonds. The fourth-order valence-electron chi connectivity index (χ4n) is 1.58. The molecule has 0 radical (unpaired) electrons. The molecular formula is C14H12INO. The molecule has 2 aromatic rings. The zero-order chi connectivity index (χ0) is 12.3. The van der Waals surface area contributed by atoms with E-state index in [1.54, 1.807) is 6.07 Å². The van der Waals surface area contributed by atoms with E-state index in [0.717, 1.165) is 11.3 Å². The summed E-state index contributed by atoms with van der Waals surface area (Å²) in [5.41, 5.74) is 2.45. The molecule has 17 heavy (non-hydrogen) atoms. The van der Waals surface area contributed by atoms with E-state index in [4.69, 9.17) is 0 Å². The van der Waals surface area contributed by atoms with E-state index in [1.165, 1.54) is 3.57 Å². The van der Waals surface area contributed by atoms with Crippen molar-refractivity contribution in [2.24, 2.45) is 0 Å². The Hall–Kier alpha value is -1.23. The molecule has 0 unspecified atom stereocenters. The number of rotatable bonds is 3. The number of hydrogen-bond acceptors (Lipinski definition) is 2. The third-order valence-corrected chi connectivity index (χ3v) is 3.17. The van der Waals surface area contributed by atoms with Gasteiger partial charge in [0.2, 0.25) is 0 Å². The van der Waals surface area contributed by atoms with Gasteiger partial charge in [-0.05, 0) is 59.3 Å². The third kappa shape index (κ3) is 3.36. The molecule has 0 fully saturated rings. The second-order valence-corrected chi connectivity index (χ2v) is 5.14. The van der Waals surface area contributed by atoms with E-state index in [9.17, 15) is 4.79 Å². The van der Waals surface area contributed by atoms with Crippen molar-refractivity contribution in [2.75, 3.05) is 0 Å². The largest absolute Gasteiger partial charge is 0.292 e. The minimum absolute atomic E-state index is 0.0647. The number of aromatic nitrogens is 1. The Morgan fingerprint density at radius 2 is 1.88 bits per heavy atom. The Kier molecular flexibility index (Phi) is 3.89. The monoisotopic (exact) mass is 337 g/mol. The van der Waals surface area contributed by atoms with Crippen LogP contribution in [0, 0.1) is 10.5 Å². The van der Waals surface area contributed by atoms with Crippen LogP contribution in [0.3, 0.4) is 0 Å². The van der Waals surface area contributed by atoms with Crippen molar-refractivity contribution in [2.45, 2.75) is 13.3 Å². The van der Waals surface area contributed by atoms with Gasteiger partial charge in [-0.15, -0.1) is 0 Å². The topological polar surface area (TPSA) is 30.0 Å². The highest BCUT2D eigenvalue weighted by Gasteiger charge is 2.08. The van der Waals surface area contributed by atoms with Crippen molar-refractivity contribution in [1.82, 2.24) is 4.98 Å². The molecule has 0 aliphatic carbocycles. The molecule has 0 saturated heterocycles. The molecule has 0 N–H and O–H groups in total. The van der Waals surface area contributed by atoms with Gasteiger partial charge >= 0.3 is 0 Å². The van der Waals surface area contributed by atoms with Crippen molar-refractivity contribution >= 4 is 28.4 Å². The molecule has 0 aliphatic rings. The number of aryl methyl sites for hydroxylation is 1.